The third-order valence-electron chi connectivity index (χ3n) is 7.27. The Bertz CT molecular complexity index is 899. The zero-order chi connectivity index (χ0) is 36.7. The minimum Gasteiger partial charge on any atom is -0.491 e. The van der Waals surface area contributed by atoms with Crippen molar-refractivity contribution in [2.45, 2.75) is 65.2 Å². The highest BCUT2D eigenvalue weighted by molar-refractivity contribution is 5.86. The third-order valence-corrected chi connectivity index (χ3v) is 7.27. The first-order valence-corrected chi connectivity index (χ1v) is 18.9. The number of esters is 1. The Kier molecular flexibility index (Phi) is 34.6. The zero-order valence-electron chi connectivity index (χ0n) is 31.7. The summed E-state index contributed by atoms with van der Waals surface area (Å²) in [4.78, 5) is 11.2. The van der Waals surface area contributed by atoms with Gasteiger partial charge in [0.25, 0.3) is 0 Å². The highest BCUT2D eigenvalue weighted by atomic mass is 16.6. The molecule has 0 unspecified atom stereocenters. The number of ether oxygens (including phenoxy) is 11. The highest BCUT2D eigenvalue weighted by Gasteiger charge is 2.02. The van der Waals surface area contributed by atoms with E-state index >= 15 is 0 Å². The molecule has 1 rings (SSSR count). The van der Waals surface area contributed by atoms with Gasteiger partial charge in [0.2, 0.25) is 0 Å². The number of hydrogen-bond donors (Lipinski definition) is 0. The zero-order valence-corrected chi connectivity index (χ0v) is 31.7. The maximum Gasteiger partial charge on any atom is 0.333 e. The number of carbonyl (C=O) groups excluding carboxylic acids is 1. The van der Waals surface area contributed by atoms with Crippen molar-refractivity contribution >= 4 is 5.97 Å². The first-order chi connectivity index (χ1) is 25.1. The van der Waals surface area contributed by atoms with Crippen molar-refractivity contribution in [3.05, 3.63) is 42.0 Å². The summed E-state index contributed by atoms with van der Waals surface area (Å²) in [5.74, 6) is 0.472. The van der Waals surface area contributed by atoms with Crippen molar-refractivity contribution in [1.29, 1.82) is 0 Å². The van der Waals surface area contributed by atoms with E-state index in [1.54, 1.807) is 6.92 Å². The fourth-order valence-electron chi connectivity index (χ4n) is 4.43. The van der Waals surface area contributed by atoms with E-state index in [1.165, 1.54) is 50.5 Å². The van der Waals surface area contributed by atoms with E-state index in [2.05, 4.69) is 37.8 Å². The lowest BCUT2D eigenvalue weighted by Crippen LogP contribution is -2.15. The standard InChI is InChI=1S/C39H68O12/c1-4-5-6-7-8-9-10-11-37-12-14-38(15-13-37)50-34-32-48-30-28-46-26-24-44-22-20-42-18-16-41-17-19-43-21-23-45-25-27-47-29-31-49-33-35-51-39(40)36(2)3/h12-15H,2,4-11,16-35H2,1,3H3. The Morgan fingerprint density at radius 2 is 0.804 bits per heavy atom. The minimum atomic E-state index is -0.411. The molecule has 0 spiro atoms. The topological polar surface area (TPSA) is 119 Å². The second-order valence-electron chi connectivity index (χ2n) is 11.8. The summed E-state index contributed by atoms with van der Waals surface area (Å²) in [6.07, 6.45) is 10.5. The molecule has 0 radical (unpaired) electrons. The summed E-state index contributed by atoms with van der Waals surface area (Å²) in [5, 5.41) is 0. The Hall–Kier alpha value is -2.13. The van der Waals surface area contributed by atoms with Crippen molar-refractivity contribution in [2.75, 3.05) is 132 Å². The predicted molar refractivity (Wildman–Crippen MR) is 197 cm³/mol. The summed E-state index contributed by atoms with van der Waals surface area (Å²) in [6.45, 7) is 16.8. The van der Waals surface area contributed by atoms with E-state index in [4.69, 9.17) is 52.1 Å². The summed E-state index contributed by atoms with van der Waals surface area (Å²) < 4.78 is 60.0. The maximum atomic E-state index is 11.2. The maximum absolute atomic E-state index is 11.2. The van der Waals surface area contributed by atoms with Crippen LogP contribution in [0.5, 0.6) is 5.75 Å². The lowest BCUT2D eigenvalue weighted by atomic mass is 10.0. The van der Waals surface area contributed by atoms with Crippen molar-refractivity contribution in [2.24, 2.45) is 0 Å². The molecule has 0 aliphatic carbocycles. The van der Waals surface area contributed by atoms with E-state index < -0.39 is 5.97 Å². The molecule has 0 bridgehead atoms. The van der Waals surface area contributed by atoms with E-state index in [9.17, 15) is 4.79 Å². The van der Waals surface area contributed by atoms with Crippen LogP contribution in [0.25, 0.3) is 0 Å². The van der Waals surface area contributed by atoms with Crippen LogP contribution in [-0.2, 0) is 58.6 Å². The second kappa shape index (κ2) is 37.6. The molecule has 0 heterocycles. The van der Waals surface area contributed by atoms with Gasteiger partial charge in [-0.15, -0.1) is 0 Å². The molecule has 0 N–H and O–H groups in total. The van der Waals surface area contributed by atoms with Gasteiger partial charge in [-0.1, -0.05) is 64.2 Å². The molecule has 1 aromatic carbocycles. The van der Waals surface area contributed by atoms with Crippen LogP contribution in [-0.4, -0.2) is 138 Å². The van der Waals surface area contributed by atoms with Gasteiger partial charge in [-0.2, -0.15) is 0 Å². The van der Waals surface area contributed by atoms with Gasteiger partial charge in [-0.05, 0) is 37.5 Å². The Balaban J connectivity index is 1.70. The monoisotopic (exact) mass is 728 g/mol. The molecule has 0 fully saturated rings. The molecule has 12 nitrogen and oxygen atoms in total. The van der Waals surface area contributed by atoms with Gasteiger partial charge in [0.1, 0.15) is 19.0 Å². The molecular formula is C39H68O12. The van der Waals surface area contributed by atoms with Gasteiger partial charge in [0, 0.05) is 5.57 Å². The lowest BCUT2D eigenvalue weighted by molar-refractivity contribution is -0.140. The van der Waals surface area contributed by atoms with Gasteiger partial charge in [0.15, 0.2) is 0 Å². The summed E-state index contributed by atoms with van der Waals surface area (Å²) in [7, 11) is 0. The smallest absolute Gasteiger partial charge is 0.333 e. The van der Waals surface area contributed by atoms with Crippen molar-refractivity contribution in [3.8, 4) is 5.75 Å². The van der Waals surface area contributed by atoms with Gasteiger partial charge in [0.05, 0.1) is 119 Å². The average Bonchev–Trinajstić information content (AvgIpc) is 3.13. The molecule has 0 aliphatic heterocycles. The van der Waals surface area contributed by atoms with Gasteiger partial charge in [-0.25, -0.2) is 4.79 Å². The van der Waals surface area contributed by atoms with Gasteiger partial charge >= 0.3 is 5.97 Å². The summed E-state index contributed by atoms with van der Waals surface area (Å²) in [5.41, 5.74) is 1.75. The molecule has 0 amide bonds. The van der Waals surface area contributed by atoms with E-state index in [1.807, 2.05) is 0 Å². The van der Waals surface area contributed by atoms with Crippen LogP contribution >= 0.6 is 0 Å². The molecule has 0 saturated carbocycles. The second-order valence-corrected chi connectivity index (χ2v) is 11.8. The molecule has 0 saturated heterocycles. The largest absolute Gasteiger partial charge is 0.491 e. The van der Waals surface area contributed by atoms with Crippen LogP contribution in [0.2, 0.25) is 0 Å². The number of aryl methyl sites for hydroxylation is 1. The third kappa shape index (κ3) is 33.5. The van der Waals surface area contributed by atoms with E-state index in [-0.39, 0.29) is 6.61 Å². The predicted octanol–water partition coefficient (Wildman–Crippen LogP) is 5.63. The summed E-state index contributed by atoms with van der Waals surface area (Å²) >= 11 is 0. The van der Waals surface area contributed by atoms with Crippen LogP contribution in [0, 0.1) is 0 Å². The molecule has 0 aliphatic rings. The highest BCUT2D eigenvalue weighted by Crippen LogP contribution is 2.15. The van der Waals surface area contributed by atoms with Gasteiger partial charge < -0.3 is 52.1 Å². The number of hydrogen-bond acceptors (Lipinski definition) is 12. The number of benzene rings is 1. The first-order valence-electron chi connectivity index (χ1n) is 18.9. The fraction of sp³-hybridized carbons (Fsp3) is 0.769. The normalized spacial score (nSPS) is 11.3. The molecule has 12 heteroatoms. The Labute approximate surface area is 307 Å². The van der Waals surface area contributed by atoms with E-state index in [0.29, 0.717) is 131 Å². The van der Waals surface area contributed by atoms with Crippen molar-refractivity contribution in [1.82, 2.24) is 0 Å². The Morgan fingerprint density at radius 3 is 1.18 bits per heavy atom. The number of carbonyl (C=O) groups is 1. The van der Waals surface area contributed by atoms with Crippen LogP contribution in [0.3, 0.4) is 0 Å². The van der Waals surface area contributed by atoms with Crippen molar-refractivity contribution < 1.29 is 56.9 Å². The van der Waals surface area contributed by atoms with Gasteiger partial charge in [-0.3, -0.25) is 0 Å². The molecule has 0 aromatic heterocycles. The minimum absolute atomic E-state index is 0.200. The molecule has 1 aromatic rings. The first kappa shape index (κ1) is 46.9. The molecule has 296 valence electrons. The lowest BCUT2D eigenvalue weighted by Gasteiger charge is -2.09. The molecule has 0 atom stereocenters. The molecular weight excluding hydrogens is 660 g/mol. The van der Waals surface area contributed by atoms with E-state index in [0.717, 1.165) is 12.2 Å². The summed E-state index contributed by atoms with van der Waals surface area (Å²) in [6, 6.07) is 8.44. The number of unbranched alkanes of at least 4 members (excludes halogenated alkanes) is 6. The Morgan fingerprint density at radius 1 is 0.471 bits per heavy atom. The van der Waals surface area contributed by atoms with Crippen molar-refractivity contribution in [3.63, 3.8) is 0 Å². The quantitative estimate of drug-likeness (QED) is 0.0474. The van der Waals surface area contributed by atoms with Crippen LogP contribution in [0.1, 0.15) is 64.4 Å². The SMILES string of the molecule is C=C(C)C(=O)OCCOCCOCCOCCOCCOCCOCCOCCOCCOCCOc1ccc(CCCCCCCCC)cc1. The average molecular weight is 729 g/mol. The molecule has 51 heavy (non-hydrogen) atoms. The number of rotatable bonds is 40. The fourth-order valence-corrected chi connectivity index (χ4v) is 4.43. The van der Waals surface area contributed by atoms with Crippen LogP contribution < -0.4 is 4.74 Å². The van der Waals surface area contributed by atoms with Crippen LogP contribution in [0.15, 0.2) is 36.4 Å². The van der Waals surface area contributed by atoms with Crippen LogP contribution in [0.4, 0.5) is 0 Å².